The van der Waals surface area contributed by atoms with Crippen LogP contribution in [0.15, 0.2) is 18.2 Å². The van der Waals surface area contributed by atoms with Crippen molar-refractivity contribution in [2.24, 2.45) is 0 Å². The summed E-state index contributed by atoms with van der Waals surface area (Å²) in [5.41, 5.74) is 1.92. The molecule has 20 heavy (non-hydrogen) atoms. The summed E-state index contributed by atoms with van der Waals surface area (Å²) in [6.45, 7) is 1.18. The zero-order chi connectivity index (χ0) is 14.7. The lowest BCUT2D eigenvalue weighted by atomic mass is 10.1. The minimum absolute atomic E-state index is 0.131. The summed E-state index contributed by atoms with van der Waals surface area (Å²) >= 11 is 3.11. The number of ketones is 1. The largest absolute Gasteiger partial charge is 0.363 e. The third-order valence-corrected chi connectivity index (χ3v) is 3.22. The fourth-order valence-electron chi connectivity index (χ4n) is 1.80. The van der Waals surface area contributed by atoms with Gasteiger partial charge in [0.2, 0.25) is 0 Å². The van der Waals surface area contributed by atoms with E-state index in [1.54, 1.807) is 25.1 Å². The SMILES string of the molecule is Cc1nc2cccc(C(=O)CBr)c2nc1NCC(F)F. The number of hydrogen-bond acceptors (Lipinski definition) is 4. The number of halogens is 3. The minimum Gasteiger partial charge on any atom is -0.363 e. The van der Waals surface area contributed by atoms with Crippen LogP contribution in [0.1, 0.15) is 16.1 Å². The number of aromatic nitrogens is 2. The quantitative estimate of drug-likeness (QED) is 0.669. The fourth-order valence-corrected chi connectivity index (χ4v) is 2.11. The Balaban J connectivity index is 2.51. The van der Waals surface area contributed by atoms with Crippen LogP contribution in [0.3, 0.4) is 0 Å². The summed E-state index contributed by atoms with van der Waals surface area (Å²) in [7, 11) is 0. The van der Waals surface area contributed by atoms with E-state index >= 15 is 0 Å². The van der Waals surface area contributed by atoms with Crippen molar-refractivity contribution in [1.82, 2.24) is 9.97 Å². The number of carbonyl (C=O) groups excluding carboxylic acids is 1. The molecule has 0 aliphatic heterocycles. The number of Topliss-reactive ketones (excluding diaryl/α,β-unsaturated/α-hetero) is 1. The van der Waals surface area contributed by atoms with Crippen LogP contribution in [-0.2, 0) is 0 Å². The van der Waals surface area contributed by atoms with Gasteiger partial charge in [-0.1, -0.05) is 22.0 Å². The van der Waals surface area contributed by atoms with Crippen LogP contribution in [0.5, 0.6) is 0 Å². The van der Waals surface area contributed by atoms with E-state index in [0.717, 1.165) is 0 Å². The second-order valence-electron chi connectivity index (χ2n) is 4.16. The lowest BCUT2D eigenvalue weighted by molar-refractivity contribution is 0.102. The Morgan fingerprint density at radius 1 is 1.40 bits per heavy atom. The Kier molecular flexibility index (Phi) is 4.59. The first-order valence-corrected chi connectivity index (χ1v) is 7.03. The molecule has 0 fully saturated rings. The number of aryl methyl sites for hydroxylation is 1. The van der Waals surface area contributed by atoms with Crippen molar-refractivity contribution in [3.05, 3.63) is 29.5 Å². The number of hydrogen-bond donors (Lipinski definition) is 1. The molecule has 106 valence electrons. The molecule has 1 aromatic heterocycles. The van der Waals surface area contributed by atoms with Crippen molar-refractivity contribution in [3.63, 3.8) is 0 Å². The molecule has 4 nitrogen and oxygen atoms in total. The van der Waals surface area contributed by atoms with E-state index in [0.29, 0.717) is 22.3 Å². The van der Waals surface area contributed by atoms with Gasteiger partial charge in [-0.05, 0) is 19.1 Å². The van der Waals surface area contributed by atoms with Crippen molar-refractivity contribution < 1.29 is 13.6 Å². The zero-order valence-electron chi connectivity index (χ0n) is 10.7. The maximum absolute atomic E-state index is 12.3. The van der Waals surface area contributed by atoms with Gasteiger partial charge in [-0.2, -0.15) is 0 Å². The van der Waals surface area contributed by atoms with Crippen LogP contribution in [-0.4, -0.2) is 34.1 Å². The normalized spacial score (nSPS) is 11.1. The van der Waals surface area contributed by atoms with Crippen LogP contribution in [0, 0.1) is 6.92 Å². The molecule has 0 amide bonds. The molecule has 0 spiro atoms. The summed E-state index contributed by atoms with van der Waals surface area (Å²) in [6.07, 6.45) is -2.48. The van der Waals surface area contributed by atoms with Crippen molar-refractivity contribution >= 4 is 38.6 Å². The van der Waals surface area contributed by atoms with Gasteiger partial charge < -0.3 is 5.32 Å². The highest BCUT2D eigenvalue weighted by atomic mass is 79.9. The minimum atomic E-state index is -2.48. The second kappa shape index (κ2) is 6.21. The van der Waals surface area contributed by atoms with Crippen molar-refractivity contribution in [1.29, 1.82) is 0 Å². The Hall–Kier alpha value is -1.63. The monoisotopic (exact) mass is 343 g/mol. The lowest BCUT2D eigenvalue weighted by Crippen LogP contribution is -2.13. The molecule has 1 aromatic carbocycles. The molecular weight excluding hydrogens is 332 g/mol. The van der Waals surface area contributed by atoms with E-state index in [-0.39, 0.29) is 16.9 Å². The van der Waals surface area contributed by atoms with Crippen LogP contribution in [0.4, 0.5) is 14.6 Å². The summed E-state index contributed by atoms with van der Waals surface area (Å²) < 4.78 is 24.5. The van der Waals surface area contributed by atoms with Crippen LogP contribution >= 0.6 is 15.9 Å². The predicted molar refractivity (Wildman–Crippen MR) is 76.9 cm³/mol. The van der Waals surface area contributed by atoms with E-state index in [9.17, 15) is 13.6 Å². The third-order valence-electron chi connectivity index (χ3n) is 2.71. The molecule has 0 unspecified atom stereocenters. The molecule has 0 bridgehead atoms. The zero-order valence-corrected chi connectivity index (χ0v) is 12.2. The first-order chi connectivity index (χ1) is 9.52. The topological polar surface area (TPSA) is 54.9 Å². The Morgan fingerprint density at radius 3 is 2.80 bits per heavy atom. The summed E-state index contributed by atoms with van der Waals surface area (Å²) in [6, 6.07) is 5.10. The molecule has 0 aliphatic carbocycles. The van der Waals surface area contributed by atoms with Gasteiger partial charge in [-0.15, -0.1) is 0 Å². The molecule has 2 rings (SSSR count). The average Bonchev–Trinajstić information content (AvgIpc) is 2.43. The first-order valence-electron chi connectivity index (χ1n) is 5.91. The average molecular weight is 344 g/mol. The van der Waals surface area contributed by atoms with Crippen LogP contribution < -0.4 is 5.32 Å². The summed E-state index contributed by atoms with van der Waals surface area (Å²) in [4.78, 5) is 20.4. The van der Waals surface area contributed by atoms with E-state index < -0.39 is 13.0 Å². The van der Waals surface area contributed by atoms with Gasteiger partial charge in [0.25, 0.3) is 6.43 Å². The molecule has 7 heteroatoms. The Bertz CT molecular complexity index is 649. The Labute approximate surface area is 122 Å². The van der Waals surface area contributed by atoms with E-state index in [2.05, 4.69) is 31.2 Å². The number of nitrogens with zero attached hydrogens (tertiary/aromatic N) is 2. The van der Waals surface area contributed by atoms with Crippen molar-refractivity contribution in [3.8, 4) is 0 Å². The number of carbonyl (C=O) groups is 1. The summed E-state index contributed by atoms with van der Waals surface area (Å²) in [5.74, 6) is 0.140. The molecule has 0 atom stereocenters. The summed E-state index contributed by atoms with van der Waals surface area (Å²) in [5, 5.41) is 2.71. The van der Waals surface area contributed by atoms with E-state index in [1.807, 2.05) is 0 Å². The maximum atomic E-state index is 12.3. The van der Waals surface area contributed by atoms with Gasteiger partial charge in [0.15, 0.2) is 5.78 Å². The third kappa shape index (κ3) is 3.09. The molecule has 1 N–H and O–H groups in total. The highest BCUT2D eigenvalue weighted by Crippen LogP contribution is 2.20. The molecule has 2 aromatic rings. The number of para-hydroxylation sites is 1. The van der Waals surface area contributed by atoms with Gasteiger partial charge in [-0.3, -0.25) is 4.79 Å². The van der Waals surface area contributed by atoms with Gasteiger partial charge in [0, 0.05) is 5.56 Å². The molecular formula is C13H12BrF2N3O. The predicted octanol–water partition coefficient (Wildman–Crippen LogP) is 3.19. The number of fused-ring (bicyclic) bond motifs is 1. The maximum Gasteiger partial charge on any atom is 0.255 e. The van der Waals surface area contributed by atoms with Crippen molar-refractivity contribution in [2.45, 2.75) is 13.3 Å². The lowest BCUT2D eigenvalue weighted by Gasteiger charge is -2.10. The van der Waals surface area contributed by atoms with Crippen LogP contribution in [0.25, 0.3) is 11.0 Å². The smallest absolute Gasteiger partial charge is 0.255 e. The number of alkyl halides is 3. The van der Waals surface area contributed by atoms with Crippen molar-refractivity contribution in [2.75, 3.05) is 17.2 Å². The standard InChI is InChI=1S/C13H12BrF2N3O/c1-7-13(17-6-11(15)16)19-12-8(10(20)5-14)3-2-4-9(12)18-7/h2-4,11H,5-6H2,1H3,(H,17,19). The number of rotatable bonds is 5. The number of benzene rings is 1. The number of nitrogens with one attached hydrogen (secondary N) is 1. The molecule has 0 radical (unpaired) electrons. The Morgan fingerprint density at radius 2 is 2.15 bits per heavy atom. The molecule has 0 saturated heterocycles. The van der Waals surface area contributed by atoms with Gasteiger partial charge >= 0.3 is 0 Å². The van der Waals surface area contributed by atoms with Gasteiger partial charge in [0.1, 0.15) is 11.3 Å². The first kappa shape index (κ1) is 14.8. The highest BCUT2D eigenvalue weighted by Gasteiger charge is 2.13. The van der Waals surface area contributed by atoms with Gasteiger partial charge in [0.05, 0.1) is 23.1 Å². The second-order valence-corrected chi connectivity index (χ2v) is 4.72. The van der Waals surface area contributed by atoms with E-state index in [1.165, 1.54) is 0 Å². The molecule has 0 saturated carbocycles. The molecule has 0 aliphatic rings. The fraction of sp³-hybridized carbons (Fsp3) is 0.308. The highest BCUT2D eigenvalue weighted by molar-refractivity contribution is 9.09. The number of anilines is 1. The molecule has 1 heterocycles. The van der Waals surface area contributed by atoms with Gasteiger partial charge in [-0.25, -0.2) is 18.7 Å². The van der Waals surface area contributed by atoms with E-state index in [4.69, 9.17) is 0 Å². The van der Waals surface area contributed by atoms with Crippen LogP contribution in [0.2, 0.25) is 0 Å².